The molecule has 0 saturated carbocycles. The molecule has 0 amide bonds. The summed E-state index contributed by atoms with van der Waals surface area (Å²) in [6, 6.07) is 8.27. The Bertz CT molecular complexity index is 540. The van der Waals surface area contributed by atoms with E-state index in [0.29, 0.717) is 19.8 Å². The number of methoxy groups -OCH3 is 1. The Labute approximate surface area is 125 Å². The second-order valence-corrected chi connectivity index (χ2v) is 4.77. The smallest absolute Gasteiger partial charge is 0.0948 e. The average Bonchev–Trinajstić information content (AvgIpc) is 2.97. The number of nitrogens with one attached hydrogen (secondary N) is 1. The fourth-order valence-electron chi connectivity index (χ4n) is 2.08. The van der Waals surface area contributed by atoms with Gasteiger partial charge in [0.15, 0.2) is 0 Å². The van der Waals surface area contributed by atoms with Gasteiger partial charge in [-0.3, -0.25) is 0 Å². The van der Waals surface area contributed by atoms with Crippen LogP contribution in [0.2, 0.25) is 0 Å². The molecule has 0 atom stereocenters. The number of aryl methyl sites for hydroxylation is 1. The molecular weight excluding hydrogens is 266 g/mol. The van der Waals surface area contributed by atoms with Crippen LogP contribution in [0.4, 0.5) is 5.69 Å². The number of ether oxygens (including phenoxy) is 2. The first-order chi connectivity index (χ1) is 10.3. The minimum Gasteiger partial charge on any atom is -0.382 e. The number of imidazole rings is 1. The molecule has 1 aromatic heterocycles. The van der Waals surface area contributed by atoms with E-state index in [9.17, 15) is 0 Å². The number of hydrogen-bond donors (Lipinski definition) is 1. The number of anilines is 1. The van der Waals surface area contributed by atoms with Gasteiger partial charge in [0.25, 0.3) is 0 Å². The van der Waals surface area contributed by atoms with Crippen molar-refractivity contribution in [2.75, 3.05) is 25.6 Å². The lowest BCUT2D eigenvalue weighted by Gasteiger charge is -2.10. The van der Waals surface area contributed by atoms with Gasteiger partial charge in [0.1, 0.15) is 0 Å². The fourth-order valence-corrected chi connectivity index (χ4v) is 2.08. The van der Waals surface area contributed by atoms with Gasteiger partial charge < -0.3 is 19.4 Å². The van der Waals surface area contributed by atoms with Crippen LogP contribution in [0.3, 0.4) is 0 Å². The zero-order valence-corrected chi connectivity index (χ0v) is 12.7. The van der Waals surface area contributed by atoms with Crippen LogP contribution in [0.15, 0.2) is 36.8 Å². The first kappa shape index (κ1) is 15.5. The van der Waals surface area contributed by atoms with Gasteiger partial charge in [0, 0.05) is 25.5 Å². The number of hydrogen-bond acceptors (Lipinski definition) is 4. The second kappa shape index (κ2) is 8.44. The van der Waals surface area contributed by atoms with Gasteiger partial charge in [-0.2, -0.15) is 0 Å². The lowest BCUT2D eigenvalue weighted by atomic mass is 10.2. The summed E-state index contributed by atoms with van der Waals surface area (Å²) in [5.74, 6) is 0. The standard InChI is InChI=1S/C16H23N3O2/c1-3-19-13-17-10-16(19)11-18-15-6-4-5-14(9-15)12-21-8-7-20-2/h4-6,9-10,13,18H,3,7-8,11-12H2,1-2H3. The molecule has 21 heavy (non-hydrogen) atoms. The summed E-state index contributed by atoms with van der Waals surface area (Å²) in [5.41, 5.74) is 3.42. The van der Waals surface area contributed by atoms with Crippen molar-refractivity contribution < 1.29 is 9.47 Å². The largest absolute Gasteiger partial charge is 0.382 e. The average molecular weight is 289 g/mol. The summed E-state index contributed by atoms with van der Waals surface area (Å²) < 4.78 is 12.6. The first-order valence-corrected chi connectivity index (χ1v) is 7.22. The normalized spacial score (nSPS) is 10.8. The third kappa shape index (κ3) is 4.88. The molecular formula is C16H23N3O2. The van der Waals surface area contributed by atoms with Crippen LogP contribution in [0.25, 0.3) is 0 Å². The topological polar surface area (TPSA) is 48.3 Å². The lowest BCUT2D eigenvalue weighted by molar-refractivity contribution is 0.0617. The van der Waals surface area contributed by atoms with Gasteiger partial charge >= 0.3 is 0 Å². The Morgan fingerprint density at radius 3 is 3.00 bits per heavy atom. The molecule has 5 nitrogen and oxygen atoms in total. The third-order valence-corrected chi connectivity index (χ3v) is 3.24. The van der Waals surface area contributed by atoms with E-state index in [2.05, 4.69) is 40.0 Å². The van der Waals surface area contributed by atoms with E-state index >= 15 is 0 Å². The zero-order chi connectivity index (χ0) is 14.9. The maximum absolute atomic E-state index is 5.54. The van der Waals surface area contributed by atoms with Crippen LogP contribution in [0, 0.1) is 0 Å². The molecule has 2 aromatic rings. The number of benzene rings is 1. The summed E-state index contributed by atoms with van der Waals surface area (Å²) in [7, 11) is 1.68. The van der Waals surface area contributed by atoms with Gasteiger partial charge in [-0.1, -0.05) is 12.1 Å². The molecule has 0 aliphatic carbocycles. The highest BCUT2D eigenvalue weighted by Crippen LogP contribution is 2.13. The van der Waals surface area contributed by atoms with Crippen LogP contribution in [0.5, 0.6) is 0 Å². The molecule has 1 aromatic carbocycles. The predicted octanol–water partition coefficient (Wildman–Crippen LogP) is 2.68. The summed E-state index contributed by atoms with van der Waals surface area (Å²) in [6.45, 7) is 5.66. The number of nitrogens with zero attached hydrogens (tertiary/aromatic N) is 2. The molecule has 2 rings (SSSR count). The Kier molecular flexibility index (Phi) is 6.24. The lowest BCUT2D eigenvalue weighted by Crippen LogP contribution is -2.06. The Balaban J connectivity index is 1.86. The molecule has 1 N–H and O–H groups in total. The molecule has 0 fully saturated rings. The molecule has 114 valence electrons. The molecule has 5 heteroatoms. The number of rotatable bonds is 9. The fraction of sp³-hybridized carbons (Fsp3) is 0.438. The number of aromatic nitrogens is 2. The summed E-state index contributed by atoms with van der Waals surface area (Å²) in [6.07, 6.45) is 3.76. The SMILES string of the molecule is CCn1cncc1CNc1cccc(COCCOC)c1. The van der Waals surface area contributed by atoms with Crippen molar-refractivity contribution >= 4 is 5.69 Å². The predicted molar refractivity (Wildman–Crippen MR) is 83.2 cm³/mol. The van der Waals surface area contributed by atoms with Crippen LogP contribution < -0.4 is 5.32 Å². The van der Waals surface area contributed by atoms with E-state index in [1.807, 2.05) is 18.6 Å². The Morgan fingerprint density at radius 2 is 2.19 bits per heavy atom. The molecule has 0 aliphatic rings. The van der Waals surface area contributed by atoms with E-state index in [1.54, 1.807) is 7.11 Å². The summed E-state index contributed by atoms with van der Waals surface area (Å²) >= 11 is 0. The Hall–Kier alpha value is -1.85. The van der Waals surface area contributed by atoms with Crippen molar-refractivity contribution in [3.05, 3.63) is 48.0 Å². The highest BCUT2D eigenvalue weighted by molar-refractivity contribution is 5.45. The second-order valence-electron chi connectivity index (χ2n) is 4.77. The van der Waals surface area contributed by atoms with Gasteiger partial charge in [0.2, 0.25) is 0 Å². The molecule has 0 radical (unpaired) electrons. The van der Waals surface area contributed by atoms with Gasteiger partial charge in [-0.15, -0.1) is 0 Å². The Morgan fingerprint density at radius 1 is 1.29 bits per heavy atom. The zero-order valence-electron chi connectivity index (χ0n) is 12.7. The molecule has 0 saturated heterocycles. The third-order valence-electron chi connectivity index (χ3n) is 3.24. The van der Waals surface area contributed by atoms with E-state index in [4.69, 9.17) is 9.47 Å². The molecule has 0 unspecified atom stereocenters. The van der Waals surface area contributed by atoms with Crippen molar-refractivity contribution in [1.82, 2.24) is 9.55 Å². The molecule has 0 aliphatic heterocycles. The van der Waals surface area contributed by atoms with E-state index < -0.39 is 0 Å². The van der Waals surface area contributed by atoms with Crippen molar-refractivity contribution in [3.8, 4) is 0 Å². The molecule has 1 heterocycles. The van der Waals surface area contributed by atoms with Crippen LogP contribution >= 0.6 is 0 Å². The monoisotopic (exact) mass is 289 g/mol. The summed E-state index contributed by atoms with van der Waals surface area (Å²) in [4.78, 5) is 4.17. The highest BCUT2D eigenvalue weighted by atomic mass is 16.5. The van der Waals surface area contributed by atoms with Gasteiger partial charge in [0.05, 0.1) is 38.4 Å². The van der Waals surface area contributed by atoms with Crippen molar-refractivity contribution in [3.63, 3.8) is 0 Å². The van der Waals surface area contributed by atoms with E-state index in [0.717, 1.165) is 24.3 Å². The van der Waals surface area contributed by atoms with E-state index in [1.165, 1.54) is 5.69 Å². The summed E-state index contributed by atoms with van der Waals surface area (Å²) in [5, 5.41) is 3.42. The maximum Gasteiger partial charge on any atom is 0.0948 e. The van der Waals surface area contributed by atoms with Crippen molar-refractivity contribution in [2.24, 2.45) is 0 Å². The van der Waals surface area contributed by atoms with Crippen LogP contribution in [-0.2, 0) is 29.2 Å². The molecule has 0 spiro atoms. The maximum atomic E-state index is 5.54. The minimum atomic E-state index is 0.603. The van der Waals surface area contributed by atoms with Crippen LogP contribution in [-0.4, -0.2) is 29.9 Å². The van der Waals surface area contributed by atoms with E-state index in [-0.39, 0.29) is 0 Å². The minimum absolute atomic E-state index is 0.603. The van der Waals surface area contributed by atoms with Crippen LogP contribution in [0.1, 0.15) is 18.2 Å². The van der Waals surface area contributed by atoms with Gasteiger partial charge in [-0.25, -0.2) is 4.98 Å². The highest BCUT2D eigenvalue weighted by Gasteiger charge is 2.01. The van der Waals surface area contributed by atoms with Crippen molar-refractivity contribution in [2.45, 2.75) is 26.6 Å². The quantitative estimate of drug-likeness (QED) is 0.721. The van der Waals surface area contributed by atoms with Crippen molar-refractivity contribution in [1.29, 1.82) is 0 Å². The van der Waals surface area contributed by atoms with Gasteiger partial charge in [-0.05, 0) is 24.6 Å². The first-order valence-electron chi connectivity index (χ1n) is 7.22. The molecule has 0 bridgehead atoms.